The van der Waals surface area contributed by atoms with Crippen molar-refractivity contribution in [1.82, 2.24) is 14.8 Å². The van der Waals surface area contributed by atoms with Crippen molar-refractivity contribution in [1.29, 1.82) is 0 Å². The Morgan fingerprint density at radius 1 is 1.35 bits per heavy atom. The minimum Gasteiger partial charge on any atom is -0.481 e. The molecule has 1 aromatic carbocycles. The lowest BCUT2D eigenvalue weighted by molar-refractivity contribution is -0.139. The van der Waals surface area contributed by atoms with Crippen LogP contribution in [-0.2, 0) is 11.3 Å². The van der Waals surface area contributed by atoms with Gasteiger partial charge in [0.2, 0.25) is 0 Å². The summed E-state index contributed by atoms with van der Waals surface area (Å²) < 4.78 is 1.74. The van der Waals surface area contributed by atoms with Crippen molar-refractivity contribution >= 4 is 5.97 Å². The lowest BCUT2D eigenvalue weighted by Crippen LogP contribution is -2.22. The lowest BCUT2D eigenvalue weighted by Gasteiger charge is -2.17. The third kappa shape index (κ3) is 2.09. The Kier molecular flexibility index (Phi) is 3.04. The van der Waals surface area contributed by atoms with Gasteiger partial charge in [0, 0.05) is 12.1 Å². The van der Waals surface area contributed by atoms with E-state index in [1.807, 2.05) is 18.2 Å². The predicted octanol–water partition coefficient (Wildman–Crippen LogP) is 2.52. The Hall–Kier alpha value is -2.17. The maximum absolute atomic E-state index is 11.3. The number of aliphatic carboxylic acids is 1. The van der Waals surface area contributed by atoms with Gasteiger partial charge in [0.05, 0.1) is 0 Å². The van der Waals surface area contributed by atoms with Gasteiger partial charge in [-0.05, 0) is 43.9 Å². The van der Waals surface area contributed by atoms with Gasteiger partial charge in [0.15, 0.2) is 5.82 Å². The summed E-state index contributed by atoms with van der Waals surface area (Å²) in [5.41, 5.74) is 3.35. The summed E-state index contributed by atoms with van der Waals surface area (Å²) >= 11 is 0. The van der Waals surface area contributed by atoms with Crippen molar-refractivity contribution in [2.24, 2.45) is 0 Å². The van der Waals surface area contributed by atoms with Gasteiger partial charge in [-0.3, -0.25) is 4.79 Å². The number of carboxylic acids is 1. The molecular weight excluding hydrogens is 254 g/mol. The average Bonchev–Trinajstić information content (AvgIpc) is 2.85. The average molecular weight is 271 g/mol. The zero-order chi connectivity index (χ0) is 14.3. The number of hydrogen-bond donors (Lipinski definition) is 1. The van der Waals surface area contributed by atoms with Gasteiger partial charge in [-0.1, -0.05) is 12.1 Å². The highest BCUT2D eigenvalue weighted by Gasteiger charge is 2.30. The van der Waals surface area contributed by atoms with Crippen LogP contribution in [0.1, 0.15) is 35.7 Å². The first kappa shape index (κ1) is 12.8. The zero-order valence-corrected chi connectivity index (χ0v) is 11.6. The first-order chi connectivity index (χ1) is 9.56. The van der Waals surface area contributed by atoms with Gasteiger partial charge in [-0.15, -0.1) is 0 Å². The Morgan fingerprint density at radius 2 is 2.15 bits per heavy atom. The topological polar surface area (TPSA) is 68.0 Å². The van der Waals surface area contributed by atoms with Crippen LogP contribution in [0.15, 0.2) is 18.2 Å². The van der Waals surface area contributed by atoms with Gasteiger partial charge in [0.25, 0.3) is 0 Å². The number of rotatable bonds is 2. The highest BCUT2D eigenvalue weighted by atomic mass is 16.4. The fraction of sp³-hybridized carbons (Fsp3) is 0.400. The van der Waals surface area contributed by atoms with E-state index in [4.69, 9.17) is 0 Å². The second-order valence-corrected chi connectivity index (χ2v) is 5.35. The number of fused-ring (bicyclic) bond motifs is 1. The van der Waals surface area contributed by atoms with Gasteiger partial charge < -0.3 is 5.11 Å². The van der Waals surface area contributed by atoms with Crippen molar-refractivity contribution in [2.75, 3.05) is 0 Å². The molecule has 2 aromatic rings. The first-order valence-corrected chi connectivity index (χ1v) is 6.81. The van der Waals surface area contributed by atoms with Crippen LogP contribution in [0.2, 0.25) is 0 Å². The smallest absolute Gasteiger partial charge is 0.314 e. The van der Waals surface area contributed by atoms with E-state index in [2.05, 4.69) is 23.9 Å². The van der Waals surface area contributed by atoms with Gasteiger partial charge in [0.1, 0.15) is 11.7 Å². The zero-order valence-electron chi connectivity index (χ0n) is 11.6. The quantitative estimate of drug-likeness (QED) is 0.911. The molecule has 0 saturated heterocycles. The summed E-state index contributed by atoms with van der Waals surface area (Å²) in [7, 11) is 0. The minimum absolute atomic E-state index is 0.531. The van der Waals surface area contributed by atoms with E-state index >= 15 is 0 Å². The summed E-state index contributed by atoms with van der Waals surface area (Å²) in [6, 6.07) is 6.07. The molecule has 1 atom stereocenters. The molecule has 1 unspecified atom stereocenters. The number of benzene rings is 1. The highest BCUT2D eigenvalue weighted by Crippen LogP contribution is 2.28. The molecule has 0 radical (unpaired) electrons. The molecule has 1 aromatic heterocycles. The third-order valence-corrected chi connectivity index (χ3v) is 3.94. The molecule has 5 nitrogen and oxygen atoms in total. The van der Waals surface area contributed by atoms with E-state index in [9.17, 15) is 9.90 Å². The van der Waals surface area contributed by atoms with Crippen LogP contribution in [0.3, 0.4) is 0 Å². The molecular formula is C15H17N3O2. The summed E-state index contributed by atoms with van der Waals surface area (Å²) in [5.74, 6) is -0.144. The van der Waals surface area contributed by atoms with Gasteiger partial charge >= 0.3 is 5.97 Å². The van der Waals surface area contributed by atoms with Crippen molar-refractivity contribution in [3.05, 3.63) is 35.2 Å². The molecule has 0 bridgehead atoms. The number of carboxylic acid groups (broad SMARTS) is 1. The Balaban J connectivity index is 2.04. The normalized spacial score (nSPS) is 17.8. The molecule has 0 fully saturated rings. The van der Waals surface area contributed by atoms with Crippen molar-refractivity contribution in [2.45, 2.75) is 39.2 Å². The summed E-state index contributed by atoms with van der Waals surface area (Å²) in [6.45, 7) is 4.86. The number of aryl methyl sites for hydroxylation is 3. The standard InChI is InChI=1S/C15H17N3O2/c1-9-5-6-11(8-10(9)2)13-16-14-12(15(19)20)4-3-7-18(14)17-13/h5-6,8,12H,3-4,7H2,1-2H3,(H,19,20). The number of carbonyl (C=O) groups is 1. The fourth-order valence-electron chi connectivity index (χ4n) is 2.59. The molecule has 0 aliphatic carbocycles. The predicted molar refractivity (Wildman–Crippen MR) is 74.5 cm³/mol. The second kappa shape index (κ2) is 4.74. The summed E-state index contributed by atoms with van der Waals surface area (Å²) in [5, 5.41) is 13.7. The SMILES string of the molecule is Cc1ccc(-c2nc3n(n2)CCCC3C(=O)O)cc1C. The molecule has 5 heteroatoms. The first-order valence-electron chi connectivity index (χ1n) is 6.81. The highest BCUT2D eigenvalue weighted by molar-refractivity contribution is 5.75. The van der Waals surface area contributed by atoms with Crippen LogP contribution in [0, 0.1) is 13.8 Å². The van der Waals surface area contributed by atoms with E-state index < -0.39 is 11.9 Å². The summed E-state index contributed by atoms with van der Waals surface area (Å²) in [6.07, 6.45) is 1.47. The molecule has 104 valence electrons. The lowest BCUT2D eigenvalue weighted by atomic mass is 9.99. The summed E-state index contributed by atoms with van der Waals surface area (Å²) in [4.78, 5) is 15.7. The molecule has 1 aliphatic rings. The minimum atomic E-state index is -0.815. The molecule has 0 saturated carbocycles. The van der Waals surface area contributed by atoms with Crippen LogP contribution in [0.25, 0.3) is 11.4 Å². The number of hydrogen-bond acceptors (Lipinski definition) is 3. The van der Waals surface area contributed by atoms with Crippen LogP contribution in [0.5, 0.6) is 0 Å². The van der Waals surface area contributed by atoms with Crippen molar-refractivity contribution < 1.29 is 9.90 Å². The van der Waals surface area contributed by atoms with E-state index in [1.165, 1.54) is 11.1 Å². The van der Waals surface area contributed by atoms with Crippen LogP contribution >= 0.6 is 0 Å². The van der Waals surface area contributed by atoms with Crippen molar-refractivity contribution in [3.8, 4) is 11.4 Å². The van der Waals surface area contributed by atoms with Crippen LogP contribution in [-0.4, -0.2) is 25.8 Å². The Bertz CT molecular complexity index is 676. The van der Waals surface area contributed by atoms with Crippen LogP contribution in [0.4, 0.5) is 0 Å². The van der Waals surface area contributed by atoms with E-state index in [0.29, 0.717) is 18.1 Å². The Morgan fingerprint density at radius 3 is 2.85 bits per heavy atom. The second-order valence-electron chi connectivity index (χ2n) is 5.35. The fourth-order valence-corrected chi connectivity index (χ4v) is 2.59. The molecule has 1 N–H and O–H groups in total. The third-order valence-electron chi connectivity index (χ3n) is 3.94. The van der Waals surface area contributed by atoms with E-state index in [0.717, 1.165) is 18.5 Å². The molecule has 20 heavy (non-hydrogen) atoms. The maximum atomic E-state index is 11.3. The maximum Gasteiger partial charge on any atom is 0.314 e. The van der Waals surface area contributed by atoms with Crippen LogP contribution < -0.4 is 0 Å². The van der Waals surface area contributed by atoms with Gasteiger partial charge in [-0.2, -0.15) is 5.10 Å². The number of nitrogens with zero attached hydrogens (tertiary/aromatic N) is 3. The Labute approximate surface area is 117 Å². The van der Waals surface area contributed by atoms with E-state index in [1.54, 1.807) is 4.68 Å². The molecule has 2 heterocycles. The van der Waals surface area contributed by atoms with E-state index in [-0.39, 0.29) is 0 Å². The molecule has 0 spiro atoms. The molecule has 0 amide bonds. The van der Waals surface area contributed by atoms with Crippen molar-refractivity contribution in [3.63, 3.8) is 0 Å². The molecule has 1 aliphatic heterocycles. The molecule has 3 rings (SSSR count). The van der Waals surface area contributed by atoms with Gasteiger partial charge in [-0.25, -0.2) is 9.67 Å². The number of aromatic nitrogens is 3. The monoisotopic (exact) mass is 271 g/mol. The largest absolute Gasteiger partial charge is 0.481 e.